The summed E-state index contributed by atoms with van der Waals surface area (Å²) in [4.78, 5) is 15.3. The molecule has 1 aliphatic heterocycles. The van der Waals surface area contributed by atoms with Gasteiger partial charge in [0.15, 0.2) is 0 Å². The molecule has 1 heterocycles. The maximum atomic E-state index is 11.6. The predicted molar refractivity (Wildman–Crippen MR) is 55.9 cm³/mol. The van der Waals surface area contributed by atoms with Crippen LogP contribution in [0.1, 0.15) is 38.5 Å². The van der Waals surface area contributed by atoms with Crippen molar-refractivity contribution in [1.29, 1.82) is 5.26 Å². The highest BCUT2D eigenvalue weighted by Crippen LogP contribution is 2.47. The molecule has 2 N–H and O–H groups in total. The zero-order chi connectivity index (χ0) is 10.9. The van der Waals surface area contributed by atoms with Crippen molar-refractivity contribution in [3.63, 3.8) is 0 Å². The molecule has 4 nitrogen and oxygen atoms in total. The van der Waals surface area contributed by atoms with E-state index in [0.29, 0.717) is 12.3 Å². The lowest BCUT2D eigenvalue weighted by Gasteiger charge is -2.41. The molecule has 0 aromatic heterocycles. The number of hydrogen-bond donors (Lipinski definition) is 1. The van der Waals surface area contributed by atoms with E-state index in [-0.39, 0.29) is 11.3 Å². The van der Waals surface area contributed by atoms with Crippen molar-refractivity contribution in [2.45, 2.75) is 38.5 Å². The van der Waals surface area contributed by atoms with Crippen LogP contribution in [0.15, 0.2) is 4.99 Å². The Morgan fingerprint density at radius 2 is 2.07 bits per heavy atom. The van der Waals surface area contributed by atoms with E-state index in [9.17, 15) is 4.79 Å². The number of nitrogens with zero attached hydrogens (tertiary/aromatic N) is 2. The summed E-state index contributed by atoms with van der Waals surface area (Å²) in [5.41, 5.74) is 5.47. The normalized spacial score (nSPS) is 29.7. The quantitative estimate of drug-likeness (QED) is 0.648. The van der Waals surface area contributed by atoms with Crippen LogP contribution >= 0.6 is 0 Å². The lowest BCUT2D eigenvalue weighted by Crippen LogP contribution is -2.44. The number of amides is 1. The first kappa shape index (κ1) is 10.2. The largest absolute Gasteiger partial charge is 0.387 e. The first-order valence-corrected chi connectivity index (χ1v) is 5.44. The van der Waals surface area contributed by atoms with Crippen molar-refractivity contribution < 1.29 is 4.79 Å². The third-order valence-electron chi connectivity index (χ3n) is 3.62. The zero-order valence-electron chi connectivity index (χ0n) is 8.70. The summed E-state index contributed by atoms with van der Waals surface area (Å²) in [5, 5.41) is 9.08. The molecule has 1 aliphatic carbocycles. The van der Waals surface area contributed by atoms with Crippen LogP contribution < -0.4 is 5.73 Å². The van der Waals surface area contributed by atoms with Crippen LogP contribution in [0.3, 0.4) is 0 Å². The Labute approximate surface area is 89.2 Å². The third kappa shape index (κ3) is 1.63. The van der Waals surface area contributed by atoms with Gasteiger partial charge in [-0.3, -0.25) is 4.79 Å². The van der Waals surface area contributed by atoms with Crippen LogP contribution in [-0.2, 0) is 4.79 Å². The van der Waals surface area contributed by atoms with Crippen molar-refractivity contribution in [2.75, 3.05) is 0 Å². The number of aliphatic imine (C=N–C) groups is 1. The van der Waals surface area contributed by atoms with Crippen LogP contribution in [0, 0.1) is 22.7 Å². The summed E-state index contributed by atoms with van der Waals surface area (Å²) in [6.45, 7) is 0. The van der Waals surface area contributed by atoms with Crippen LogP contribution in [0.5, 0.6) is 0 Å². The van der Waals surface area contributed by atoms with E-state index in [2.05, 4.69) is 11.1 Å². The van der Waals surface area contributed by atoms with E-state index < -0.39 is 5.92 Å². The van der Waals surface area contributed by atoms with Crippen LogP contribution in [0.4, 0.5) is 0 Å². The van der Waals surface area contributed by atoms with E-state index >= 15 is 0 Å². The Morgan fingerprint density at radius 3 is 2.67 bits per heavy atom. The number of hydrogen-bond acceptors (Lipinski definition) is 3. The van der Waals surface area contributed by atoms with Crippen LogP contribution in [0.25, 0.3) is 0 Å². The van der Waals surface area contributed by atoms with E-state index in [1.807, 2.05) is 0 Å². The molecule has 0 aromatic rings. The summed E-state index contributed by atoms with van der Waals surface area (Å²) in [7, 11) is 0. The van der Waals surface area contributed by atoms with Gasteiger partial charge >= 0.3 is 0 Å². The smallest absolute Gasteiger partial charge is 0.265 e. The van der Waals surface area contributed by atoms with Gasteiger partial charge in [-0.2, -0.15) is 10.3 Å². The average molecular weight is 205 g/mol. The second kappa shape index (κ2) is 3.65. The predicted octanol–water partition coefficient (Wildman–Crippen LogP) is 1.36. The minimum atomic E-state index is -0.565. The van der Waals surface area contributed by atoms with Crippen LogP contribution in [0.2, 0.25) is 0 Å². The molecule has 1 spiro atoms. The van der Waals surface area contributed by atoms with Gasteiger partial charge in [0, 0.05) is 11.8 Å². The van der Waals surface area contributed by atoms with E-state index in [1.165, 1.54) is 6.42 Å². The zero-order valence-corrected chi connectivity index (χ0v) is 8.70. The third-order valence-corrected chi connectivity index (χ3v) is 3.62. The van der Waals surface area contributed by atoms with Gasteiger partial charge in [-0.05, 0) is 12.8 Å². The molecule has 1 fully saturated rings. The molecule has 2 rings (SSSR count). The number of carbonyl (C=O) groups is 1. The van der Waals surface area contributed by atoms with Gasteiger partial charge in [0.1, 0.15) is 11.8 Å². The summed E-state index contributed by atoms with van der Waals surface area (Å²) >= 11 is 0. The summed E-state index contributed by atoms with van der Waals surface area (Å²) in [6.07, 6.45) is 5.89. The highest BCUT2D eigenvalue weighted by Gasteiger charge is 2.47. The van der Waals surface area contributed by atoms with Crippen molar-refractivity contribution in [3.05, 3.63) is 0 Å². The summed E-state index contributed by atoms with van der Waals surface area (Å²) in [5.74, 6) is -0.485. The molecular formula is C11H15N3O. The first-order valence-electron chi connectivity index (χ1n) is 5.44. The second-order valence-corrected chi connectivity index (χ2v) is 4.60. The van der Waals surface area contributed by atoms with Crippen molar-refractivity contribution in [3.8, 4) is 6.07 Å². The molecule has 1 amide bonds. The fraction of sp³-hybridized carbons (Fsp3) is 0.727. The maximum Gasteiger partial charge on any atom is 0.265 e. The molecule has 0 radical (unpaired) electrons. The minimum Gasteiger partial charge on any atom is -0.387 e. The second-order valence-electron chi connectivity index (χ2n) is 4.60. The van der Waals surface area contributed by atoms with Gasteiger partial charge in [-0.25, -0.2) is 0 Å². The maximum absolute atomic E-state index is 11.6. The molecule has 1 saturated carbocycles. The van der Waals surface area contributed by atoms with Gasteiger partial charge < -0.3 is 5.73 Å². The lowest BCUT2D eigenvalue weighted by atomic mass is 9.63. The molecule has 2 aliphatic rings. The SMILES string of the molecule is N#CC1C(=O)N=C(N)CC12CCCCC2. The Morgan fingerprint density at radius 1 is 1.40 bits per heavy atom. The average Bonchev–Trinajstić information content (AvgIpc) is 2.18. The monoisotopic (exact) mass is 205 g/mol. The Hall–Kier alpha value is -1.37. The van der Waals surface area contributed by atoms with Gasteiger partial charge in [-0.15, -0.1) is 0 Å². The number of nitriles is 1. The highest BCUT2D eigenvalue weighted by atomic mass is 16.1. The number of rotatable bonds is 0. The topological polar surface area (TPSA) is 79.2 Å². The summed E-state index contributed by atoms with van der Waals surface area (Å²) in [6, 6.07) is 2.12. The lowest BCUT2D eigenvalue weighted by molar-refractivity contribution is -0.124. The number of carbonyl (C=O) groups excluding carboxylic acids is 1. The molecule has 15 heavy (non-hydrogen) atoms. The minimum absolute atomic E-state index is 0.198. The molecule has 4 heteroatoms. The van der Waals surface area contributed by atoms with Gasteiger partial charge in [0.2, 0.25) is 0 Å². The Balaban J connectivity index is 2.33. The molecular weight excluding hydrogens is 190 g/mol. The highest BCUT2D eigenvalue weighted by molar-refractivity contribution is 5.99. The van der Waals surface area contributed by atoms with E-state index in [4.69, 9.17) is 11.0 Å². The fourth-order valence-corrected chi connectivity index (χ4v) is 2.88. The molecule has 1 atom stereocenters. The van der Waals surface area contributed by atoms with Gasteiger partial charge in [0.05, 0.1) is 6.07 Å². The van der Waals surface area contributed by atoms with Crippen molar-refractivity contribution >= 4 is 11.7 Å². The van der Waals surface area contributed by atoms with Gasteiger partial charge in [-0.1, -0.05) is 19.3 Å². The molecule has 80 valence electrons. The number of amidine groups is 1. The van der Waals surface area contributed by atoms with E-state index in [1.54, 1.807) is 0 Å². The summed E-state index contributed by atoms with van der Waals surface area (Å²) < 4.78 is 0. The van der Waals surface area contributed by atoms with Crippen molar-refractivity contribution in [2.24, 2.45) is 22.1 Å². The van der Waals surface area contributed by atoms with Crippen molar-refractivity contribution in [1.82, 2.24) is 0 Å². The first-order chi connectivity index (χ1) is 7.18. The number of nitrogens with two attached hydrogens (primary N) is 1. The Bertz CT molecular complexity index is 347. The van der Waals surface area contributed by atoms with E-state index in [0.717, 1.165) is 25.7 Å². The molecule has 1 unspecified atom stereocenters. The van der Waals surface area contributed by atoms with Crippen LogP contribution in [-0.4, -0.2) is 11.7 Å². The molecule has 0 bridgehead atoms. The van der Waals surface area contributed by atoms with Gasteiger partial charge in [0.25, 0.3) is 5.91 Å². The fourth-order valence-electron chi connectivity index (χ4n) is 2.88. The standard InChI is InChI=1S/C11H15N3O/c12-7-8-10(15)14-9(13)6-11(8)4-2-1-3-5-11/h8H,1-6H2,(H2,13,14,15). The Kier molecular flexibility index (Phi) is 2.47. The molecule has 0 aromatic carbocycles. The molecule has 0 saturated heterocycles.